The van der Waals surface area contributed by atoms with Gasteiger partial charge in [0.2, 0.25) is 0 Å². The number of amides is 1. The molecule has 82 valence electrons. The molecule has 0 spiro atoms. The van der Waals surface area contributed by atoms with E-state index in [2.05, 4.69) is 17.2 Å². The van der Waals surface area contributed by atoms with Crippen LogP contribution >= 0.6 is 0 Å². The molecule has 2 atom stereocenters. The number of carbonyl (C=O) groups is 1. The van der Waals surface area contributed by atoms with Gasteiger partial charge in [0.1, 0.15) is 5.69 Å². The van der Waals surface area contributed by atoms with E-state index in [0.29, 0.717) is 17.4 Å². The van der Waals surface area contributed by atoms with Crippen LogP contribution in [0.1, 0.15) is 36.7 Å². The van der Waals surface area contributed by atoms with Crippen LogP contribution < -0.4 is 11.1 Å². The molecule has 0 saturated heterocycles. The summed E-state index contributed by atoms with van der Waals surface area (Å²) < 4.78 is 0. The number of anilines is 1. The van der Waals surface area contributed by atoms with Gasteiger partial charge in [-0.25, -0.2) is 0 Å². The molecule has 0 aromatic carbocycles. The van der Waals surface area contributed by atoms with Crippen molar-refractivity contribution in [3.63, 3.8) is 0 Å². The summed E-state index contributed by atoms with van der Waals surface area (Å²) in [5, 5.41) is 3.01. The Hall–Kier alpha value is -1.45. The Balaban J connectivity index is 1.92. The monoisotopic (exact) mass is 207 g/mol. The van der Waals surface area contributed by atoms with Gasteiger partial charge in [-0.05, 0) is 31.2 Å². The minimum absolute atomic E-state index is 0.0502. The topological polar surface area (TPSA) is 70.9 Å². The average Bonchev–Trinajstić information content (AvgIpc) is 2.75. The Morgan fingerprint density at radius 3 is 2.93 bits per heavy atom. The minimum atomic E-state index is -0.0502. The van der Waals surface area contributed by atoms with Crippen LogP contribution in [0, 0.1) is 5.92 Å². The fourth-order valence-electron chi connectivity index (χ4n) is 2.14. The number of rotatable bonds is 2. The van der Waals surface area contributed by atoms with Crippen molar-refractivity contribution in [2.75, 3.05) is 5.73 Å². The quantitative estimate of drug-likeness (QED) is 0.688. The van der Waals surface area contributed by atoms with E-state index in [1.807, 2.05) is 0 Å². The predicted molar refractivity (Wildman–Crippen MR) is 59.5 cm³/mol. The third-order valence-corrected chi connectivity index (χ3v) is 2.98. The second kappa shape index (κ2) is 3.96. The van der Waals surface area contributed by atoms with E-state index in [1.165, 1.54) is 6.42 Å². The van der Waals surface area contributed by atoms with Gasteiger partial charge in [-0.15, -0.1) is 0 Å². The molecule has 4 nitrogen and oxygen atoms in total. The van der Waals surface area contributed by atoms with E-state index < -0.39 is 0 Å². The van der Waals surface area contributed by atoms with Gasteiger partial charge >= 0.3 is 0 Å². The molecule has 1 saturated carbocycles. The van der Waals surface area contributed by atoms with Gasteiger partial charge in [-0.1, -0.05) is 6.92 Å². The van der Waals surface area contributed by atoms with Crippen LogP contribution in [-0.4, -0.2) is 16.9 Å². The molecule has 1 aromatic heterocycles. The Morgan fingerprint density at radius 2 is 2.40 bits per heavy atom. The van der Waals surface area contributed by atoms with Gasteiger partial charge in [0.15, 0.2) is 0 Å². The van der Waals surface area contributed by atoms with Crippen molar-refractivity contribution in [3.05, 3.63) is 18.0 Å². The molecule has 0 aliphatic heterocycles. The second-order valence-corrected chi connectivity index (χ2v) is 4.44. The van der Waals surface area contributed by atoms with E-state index in [0.717, 1.165) is 18.8 Å². The van der Waals surface area contributed by atoms with Crippen molar-refractivity contribution in [1.29, 1.82) is 0 Å². The van der Waals surface area contributed by atoms with Gasteiger partial charge in [-0.3, -0.25) is 4.79 Å². The van der Waals surface area contributed by atoms with Gasteiger partial charge in [-0.2, -0.15) is 0 Å². The predicted octanol–water partition coefficient (Wildman–Crippen LogP) is 1.52. The molecule has 15 heavy (non-hydrogen) atoms. The summed E-state index contributed by atoms with van der Waals surface area (Å²) in [7, 11) is 0. The Labute approximate surface area is 89.2 Å². The second-order valence-electron chi connectivity index (χ2n) is 4.44. The Kier molecular flexibility index (Phi) is 2.66. The molecule has 0 radical (unpaired) electrons. The molecule has 2 unspecified atom stereocenters. The van der Waals surface area contributed by atoms with Crippen molar-refractivity contribution >= 4 is 11.6 Å². The SMILES string of the molecule is CC1CCC(NC(=O)c2cc(N)c[nH]2)C1. The van der Waals surface area contributed by atoms with Gasteiger partial charge in [0.25, 0.3) is 5.91 Å². The zero-order chi connectivity index (χ0) is 10.8. The summed E-state index contributed by atoms with van der Waals surface area (Å²) in [6, 6.07) is 1.99. The number of nitrogens with two attached hydrogens (primary N) is 1. The molecule has 1 aromatic rings. The molecular formula is C11H17N3O. The third-order valence-electron chi connectivity index (χ3n) is 2.98. The highest BCUT2D eigenvalue weighted by Gasteiger charge is 2.23. The number of carbonyl (C=O) groups excluding carboxylic acids is 1. The zero-order valence-corrected chi connectivity index (χ0v) is 8.92. The highest BCUT2D eigenvalue weighted by Crippen LogP contribution is 2.24. The number of aromatic nitrogens is 1. The van der Waals surface area contributed by atoms with Crippen LogP contribution in [0.5, 0.6) is 0 Å². The number of H-pyrrole nitrogens is 1. The maximum atomic E-state index is 11.7. The molecule has 4 heteroatoms. The summed E-state index contributed by atoms with van der Waals surface area (Å²) >= 11 is 0. The fraction of sp³-hybridized carbons (Fsp3) is 0.545. The summed E-state index contributed by atoms with van der Waals surface area (Å²) in [5.41, 5.74) is 6.68. The lowest BCUT2D eigenvalue weighted by Crippen LogP contribution is -2.33. The van der Waals surface area contributed by atoms with Gasteiger partial charge in [0.05, 0.1) is 0 Å². The Morgan fingerprint density at radius 1 is 1.60 bits per heavy atom. The number of nitrogen functional groups attached to an aromatic ring is 1. The number of aromatic amines is 1. The van der Waals surface area contributed by atoms with Crippen molar-refractivity contribution in [2.24, 2.45) is 5.92 Å². The molecule has 1 aliphatic carbocycles. The molecule has 4 N–H and O–H groups in total. The minimum Gasteiger partial charge on any atom is -0.397 e. The molecule has 1 heterocycles. The van der Waals surface area contributed by atoms with Crippen molar-refractivity contribution in [3.8, 4) is 0 Å². The molecule has 1 fully saturated rings. The molecule has 2 rings (SSSR count). The third kappa shape index (κ3) is 2.32. The van der Waals surface area contributed by atoms with E-state index >= 15 is 0 Å². The molecular weight excluding hydrogens is 190 g/mol. The largest absolute Gasteiger partial charge is 0.397 e. The van der Waals surface area contributed by atoms with Crippen LogP contribution in [-0.2, 0) is 0 Å². The first-order valence-electron chi connectivity index (χ1n) is 5.40. The number of hydrogen-bond donors (Lipinski definition) is 3. The smallest absolute Gasteiger partial charge is 0.267 e. The van der Waals surface area contributed by atoms with E-state index in [9.17, 15) is 4.79 Å². The van der Waals surface area contributed by atoms with Crippen molar-refractivity contribution in [1.82, 2.24) is 10.3 Å². The summed E-state index contributed by atoms with van der Waals surface area (Å²) in [5.74, 6) is 0.676. The van der Waals surface area contributed by atoms with Crippen LogP contribution in [0.4, 0.5) is 5.69 Å². The van der Waals surface area contributed by atoms with E-state index in [-0.39, 0.29) is 5.91 Å². The van der Waals surface area contributed by atoms with E-state index in [4.69, 9.17) is 5.73 Å². The highest BCUT2D eigenvalue weighted by molar-refractivity contribution is 5.93. The Bertz CT molecular complexity index is 358. The van der Waals surface area contributed by atoms with Crippen LogP contribution in [0.2, 0.25) is 0 Å². The zero-order valence-electron chi connectivity index (χ0n) is 8.92. The number of nitrogens with one attached hydrogen (secondary N) is 2. The van der Waals surface area contributed by atoms with Crippen molar-refractivity contribution in [2.45, 2.75) is 32.2 Å². The lowest BCUT2D eigenvalue weighted by Gasteiger charge is -2.11. The van der Waals surface area contributed by atoms with Crippen LogP contribution in [0.15, 0.2) is 12.3 Å². The number of hydrogen-bond acceptors (Lipinski definition) is 2. The first-order valence-corrected chi connectivity index (χ1v) is 5.40. The summed E-state index contributed by atoms with van der Waals surface area (Å²) in [6.45, 7) is 2.22. The molecule has 1 aliphatic rings. The average molecular weight is 207 g/mol. The first kappa shape index (κ1) is 10.1. The maximum Gasteiger partial charge on any atom is 0.267 e. The first-order chi connectivity index (χ1) is 7.15. The van der Waals surface area contributed by atoms with Crippen LogP contribution in [0.25, 0.3) is 0 Å². The lowest BCUT2D eigenvalue weighted by atomic mass is 10.1. The lowest BCUT2D eigenvalue weighted by molar-refractivity contribution is 0.0933. The van der Waals surface area contributed by atoms with E-state index in [1.54, 1.807) is 12.3 Å². The van der Waals surface area contributed by atoms with Gasteiger partial charge in [0, 0.05) is 17.9 Å². The van der Waals surface area contributed by atoms with Gasteiger partial charge < -0.3 is 16.0 Å². The fourth-order valence-corrected chi connectivity index (χ4v) is 2.14. The normalized spacial score (nSPS) is 25.4. The van der Waals surface area contributed by atoms with Crippen molar-refractivity contribution < 1.29 is 4.79 Å². The summed E-state index contributed by atoms with van der Waals surface area (Å²) in [4.78, 5) is 14.6. The molecule has 1 amide bonds. The summed E-state index contributed by atoms with van der Waals surface area (Å²) in [6.07, 6.45) is 5.01. The molecule has 0 bridgehead atoms. The maximum absolute atomic E-state index is 11.7. The van der Waals surface area contributed by atoms with Crippen LogP contribution in [0.3, 0.4) is 0 Å². The standard InChI is InChI=1S/C11H17N3O/c1-7-2-3-9(4-7)14-11(15)10-5-8(12)6-13-10/h5-7,9,13H,2-4,12H2,1H3,(H,14,15). The highest BCUT2D eigenvalue weighted by atomic mass is 16.1.